The molecule has 7 heteroatoms. The number of aliphatic carboxylic acids is 1. The molecule has 150 valence electrons. The van der Waals surface area contributed by atoms with E-state index in [1.807, 2.05) is 32.0 Å². The van der Waals surface area contributed by atoms with Gasteiger partial charge in [-0.3, -0.25) is 14.5 Å². The number of thiocarbonyl (C=S) groups is 1. The van der Waals surface area contributed by atoms with Gasteiger partial charge in [0.05, 0.1) is 4.91 Å². The van der Waals surface area contributed by atoms with Gasteiger partial charge in [-0.25, -0.2) is 0 Å². The van der Waals surface area contributed by atoms with Gasteiger partial charge in [-0.15, -0.1) is 0 Å². The van der Waals surface area contributed by atoms with Crippen molar-refractivity contribution in [2.24, 2.45) is 0 Å². The quantitative estimate of drug-likeness (QED) is 0.521. The van der Waals surface area contributed by atoms with Crippen molar-refractivity contribution >= 4 is 46.3 Å². The average Bonchev–Trinajstić information content (AvgIpc) is 2.95. The highest BCUT2D eigenvalue weighted by Crippen LogP contribution is 2.33. The molecule has 1 heterocycles. The van der Waals surface area contributed by atoms with Crippen molar-refractivity contribution in [1.82, 2.24) is 4.90 Å². The molecule has 1 N–H and O–H groups in total. The average molecular weight is 428 g/mol. The lowest BCUT2D eigenvalue weighted by atomic mass is 10.1. The van der Waals surface area contributed by atoms with E-state index in [0.29, 0.717) is 11.5 Å². The van der Waals surface area contributed by atoms with E-state index >= 15 is 0 Å². The fraction of sp³-hybridized carbons (Fsp3) is 0.227. The second-order valence-corrected chi connectivity index (χ2v) is 8.33. The number of hydrogen-bond acceptors (Lipinski definition) is 5. The molecule has 0 spiro atoms. The van der Waals surface area contributed by atoms with Crippen LogP contribution in [0.5, 0.6) is 5.75 Å². The first kappa shape index (κ1) is 21.1. The fourth-order valence-electron chi connectivity index (χ4n) is 2.87. The Labute approximate surface area is 179 Å². The van der Waals surface area contributed by atoms with E-state index in [4.69, 9.17) is 22.1 Å². The number of carbonyl (C=O) groups excluding carboxylic acids is 1. The maximum Gasteiger partial charge on any atom is 0.323 e. The van der Waals surface area contributed by atoms with Crippen LogP contribution < -0.4 is 4.74 Å². The van der Waals surface area contributed by atoms with Gasteiger partial charge in [0.1, 0.15) is 23.2 Å². The lowest BCUT2D eigenvalue weighted by molar-refractivity contribution is -0.140. The van der Waals surface area contributed by atoms with E-state index in [0.717, 1.165) is 45.5 Å². The van der Waals surface area contributed by atoms with Crippen LogP contribution in [0.2, 0.25) is 0 Å². The molecule has 0 unspecified atom stereocenters. The Morgan fingerprint density at radius 3 is 2.62 bits per heavy atom. The minimum absolute atomic E-state index is 0.261. The maximum absolute atomic E-state index is 12.4. The Kier molecular flexibility index (Phi) is 6.71. The molecule has 29 heavy (non-hydrogen) atoms. The molecule has 0 atom stereocenters. The van der Waals surface area contributed by atoms with E-state index in [1.165, 1.54) is 5.56 Å². The summed E-state index contributed by atoms with van der Waals surface area (Å²) in [4.78, 5) is 24.9. The molecule has 1 saturated heterocycles. The van der Waals surface area contributed by atoms with Gasteiger partial charge < -0.3 is 9.84 Å². The number of amides is 1. The number of carboxylic acids is 1. The van der Waals surface area contributed by atoms with Crippen LogP contribution in [0.15, 0.2) is 47.4 Å². The molecule has 1 aliphatic rings. The second-order valence-electron chi connectivity index (χ2n) is 6.66. The molecule has 2 aromatic carbocycles. The number of nitrogens with zero attached hydrogens (tertiary/aromatic N) is 1. The summed E-state index contributed by atoms with van der Waals surface area (Å²) in [6.45, 7) is 4.16. The van der Waals surface area contributed by atoms with Crippen LogP contribution in [0, 0.1) is 6.92 Å². The summed E-state index contributed by atoms with van der Waals surface area (Å²) in [7, 11) is 0. The highest BCUT2D eigenvalue weighted by Gasteiger charge is 2.33. The second kappa shape index (κ2) is 9.24. The van der Waals surface area contributed by atoms with E-state index in [-0.39, 0.29) is 10.2 Å². The first-order chi connectivity index (χ1) is 13.9. The minimum Gasteiger partial charge on any atom is -0.489 e. The summed E-state index contributed by atoms with van der Waals surface area (Å²) < 4.78 is 6.25. The first-order valence-electron chi connectivity index (χ1n) is 9.15. The number of hydrogen-bond donors (Lipinski definition) is 1. The third-order valence-corrected chi connectivity index (χ3v) is 5.82. The van der Waals surface area contributed by atoms with Crippen LogP contribution >= 0.6 is 24.0 Å². The van der Waals surface area contributed by atoms with E-state index < -0.39 is 12.5 Å². The molecule has 3 rings (SSSR count). The summed E-state index contributed by atoms with van der Waals surface area (Å²) in [6.07, 6.45) is 2.52. The first-order valence-corrected chi connectivity index (χ1v) is 10.4. The lowest BCUT2D eigenvalue weighted by Crippen LogP contribution is -2.33. The molecule has 1 fully saturated rings. The van der Waals surface area contributed by atoms with Crippen LogP contribution in [-0.2, 0) is 22.6 Å². The Morgan fingerprint density at radius 1 is 1.24 bits per heavy atom. The van der Waals surface area contributed by atoms with Gasteiger partial charge >= 0.3 is 5.97 Å². The van der Waals surface area contributed by atoms with E-state index in [2.05, 4.69) is 24.3 Å². The van der Waals surface area contributed by atoms with Crippen molar-refractivity contribution in [2.45, 2.75) is 26.9 Å². The molecule has 0 aromatic heterocycles. The minimum atomic E-state index is -1.09. The standard InChI is InChI=1S/C22H21NO4S2/c1-3-17-10-16(11-19-21(26)23(12-20(24)25)22(28)29-19)8-9-18(17)27-13-15-6-4-14(2)5-7-15/h4-11H,3,12-13H2,1-2H3,(H,24,25)/b19-11-. The maximum atomic E-state index is 12.4. The predicted molar refractivity (Wildman–Crippen MR) is 119 cm³/mol. The van der Waals surface area contributed by atoms with Gasteiger partial charge in [-0.1, -0.05) is 66.8 Å². The number of carboxylic acid groups (broad SMARTS) is 1. The zero-order chi connectivity index (χ0) is 21.0. The zero-order valence-electron chi connectivity index (χ0n) is 16.2. The number of thioether (sulfide) groups is 1. The molecule has 5 nitrogen and oxygen atoms in total. The Hall–Kier alpha value is -2.64. The SMILES string of the molecule is CCc1cc(/C=C2\SC(=S)N(CC(=O)O)C2=O)ccc1OCc1ccc(C)cc1. The summed E-state index contributed by atoms with van der Waals surface area (Å²) in [5.74, 6) is -0.658. The number of rotatable bonds is 7. The highest BCUT2D eigenvalue weighted by atomic mass is 32.2. The third-order valence-electron chi connectivity index (χ3n) is 4.45. The Bertz CT molecular complexity index is 983. The number of carbonyl (C=O) groups is 2. The van der Waals surface area contributed by atoms with Gasteiger partial charge in [0, 0.05) is 0 Å². The third kappa shape index (κ3) is 5.25. The summed E-state index contributed by atoms with van der Waals surface area (Å²) >= 11 is 6.25. The topological polar surface area (TPSA) is 66.8 Å². The Morgan fingerprint density at radius 2 is 1.97 bits per heavy atom. The van der Waals surface area contributed by atoms with Crippen LogP contribution in [-0.4, -0.2) is 32.7 Å². The van der Waals surface area contributed by atoms with Gasteiger partial charge in [0.15, 0.2) is 0 Å². The largest absolute Gasteiger partial charge is 0.489 e. The van der Waals surface area contributed by atoms with Gasteiger partial charge in [0.2, 0.25) is 0 Å². The number of aryl methyl sites for hydroxylation is 2. The van der Waals surface area contributed by atoms with E-state index in [1.54, 1.807) is 6.08 Å². The number of benzene rings is 2. The molecule has 1 amide bonds. The van der Waals surface area contributed by atoms with Gasteiger partial charge in [0.25, 0.3) is 5.91 Å². The van der Waals surface area contributed by atoms with Gasteiger partial charge in [-0.05, 0) is 48.2 Å². The van der Waals surface area contributed by atoms with Crippen molar-refractivity contribution in [3.63, 3.8) is 0 Å². The molecule has 0 bridgehead atoms. The van der Waals surface area contributed by atoms with Crippen LogP contribution in [0.25, 0.3) is 6.08 Å². The molecular weight excluding hydrogens is 406 g/mol. The molecule has 0 radical (unpaired) electrons. The fourth-order valence-corrected chi connectivity index (χ4v) is 4.13. The summed E-state index contributed by atoms with van der Waals surface area (Å²) in [5, 5.41) is 8.93. The van der Waals surface area contributed by atoms with Crippen molar-refractivity contribution < 1.29 is 19.4 Å². The molecular formula is C22H21NO4S2. The molecule has 2 aromatic rings. The molecule has 1 aliphatic heterocycles. The van der Waals surface area contributed by atoms with Crippen molar-refractivity contribution in [3.05, 3.63) is 69.6 Å². The Balaban J connectivity index is 1.75. The smallest absolute Gasteiger partial charge is 0.323 e. The summed E-state index contributed by atoms with van der Waals surface area (Å²) in [6, 6.07) is 14.0. The van der Waals surface area contributed by atoms with Crippen LogP contribution in [0.1, 0.15) is 29.2 Å². The molecule has 0 saturated carbocycles. The van der Waals surface area contributed by atoms with Gasteiger partial charge in [-0.2, -0.15) is 0 Å². The van der Waals surface area contributed by atoms with Crippen LogP contribution in [0.3, 0.4) is 0 Å². The zero-order valence-corrected chi connectivity index (χ0v) is 17.8. The van der Waals surface area contributed by atoms with Crippen molar-refractivity contribution in [2.75, 3.05) is 6.54 Å². The lowest BCUT2D eigenvalue weighted by Gasteiger charge is -2.12. The molecule has 0 aliphatic carbocycles. The predicted octanol–water partition coefficient (Wildman–Crippen LogP) is 4.42. The van der Waals surface area contributed by atoms with Crippen molar-refractivity contribution in [3.8, 4) is 5.75 Å². The monoisotopic (exact) mass is 427 g/mol. The van der Waals surface area contributed by atoms with E-state index in [9.17, 15) is 9.59 Å². The summed E-state index contributed by atoms with van der Waals surface area (Å²) in [5.41, 5.74) is 4.19. The highest BCUT2D eigenvalue weighted by molar-refractivity contribution is 8.26. The van der Waals surface area contributed by atoms with Crippen LogP contribution in [0.4, 0.5) is 0 Å². The number of ether oxygens (including phenoxy) is 1. The normalized spacial score (nSPS) is 15.2. The van der Waals surface area contributed by atoms with Crippen molar-refractivity contribution in [1.29, 1.82) is 0 Å².